The molecule has 0 bridgehead atoms. The van der Waals surface area contributed by atoms with Gasteiger partial charge in [0.05, 0.1) is 18.7 Å². The van der Waals surface area contributed by atoms with Crippen LogP contribution < -0.4 is 5.32 Å². The number of carbonyl (C=O) groups excluding carboxylic acids is 1. The van der Waals surface area contributed by atoms with E-state index in [1.165, 1.54) is 14.0 Å². The Balaban J connectivity index is 2.67. The monoisotopic (exact) mass is 321 g/mol. The highest BCUT2D eigenvalue weighted by atomic mass is 79.9. The molecule has 1 rings (SSSR count). The number of halogens is 2. The van der Waals surface area contributed by atoms with Gasteiger partial charge in [-0.3, -0.25) is 0 Å². The normalized spacial score (nSPS) is 13.9. The number of rotatable bonds is 4. The molecule has 17 heavy (non-hydrogen) atoms. The molecule has 4 nitrogen and oxygen atoms in total. The van der Waals surface area contributed by atoms with Crippen molar-refractivity contribution in [1.29, 1.82) is 0 Å². The minimum Gasteiger partial charge on any atom is -0.467 e. The topological polar surface area (TPSA) is 58.6 Å². The highest BCUT2D eigenvalue weighted by Gasteiger charge is 2.31. The zero-order chi connectivity index (χ0) is 13.1. The first-order valence-corrected chi connectivity index (χ1v) is 6.03. The summed E-state index contributed by atoms with van der Waals surface area (Å²) in [6.07, 6.45) is 0. The SMILES string of the molecule is COC(=O)C(C)(O)CNc1ccc(Br)c(Cl)c1. The molecule has 1 aromatic carbocycles. The molecule has 1 aromatic rings. The molecular formula is C11H13BrClNO3. The number of methoxy groups -OCH3 is 1. The molecule has 0 amide bonds. The summed E-state index contributed by atoms with van der Waals surface area (Å²) in [5, 5.41) is 13.2. The van der Waals surface area contributed by atoms with Crippen LogP contribution in [0.15, 0.2) is 22.7 Å². The van der Waals surface area contributed by atoms with Gasteiger partial charge in [0.15, 0.2) is 5.60 Å². The third-order valence-electron chi connectivity index (χ3n) is 2.18. The van der Waals surface area contributed by atoms with Crippen molar-refractivity contribution in [2.24, 2.45) is 0 Å². The second kappa shape index (κ2) is 5.71. The molecular weight excluding hydrogens is 309 g/mol. The molecule has 0 fully saturated rings. The maximum absolute atomic E-state index is 11.2. The second-order valence-corrected chi connectivity index (χ2v) is 5.01. The molecule has 0 aliphatic carbocycles. The Morgan fingerprint density at radius 1 is 1.65 bits per heavy atom. The van der Waals surface area contributed by atoms with Crippen molar-refractivity contribution in [3.05, 3.63) is 27.7 Å². The van der Waals surface area contributed by atoms with Gasteiger partial charge in [-0.25, -0.2) is 4.79 Å². The lowest BCUT2D eigenvalue weighted by Crippen LogP contribution is -2.42. The van der Waals surface area contributed by atoms with Gasteiger partial charge in [0, 0.05) is 10.2 Å². The molecule has 2 N–H and O–H groups in total. The van der Waals surface area contributed by atoms with Crippen molar-refractivity contribution in [3.63, 3.8) is 0 Å². The van der Waals surface area contributed by atoms with Gasteiger partial charge in [-0.15, -0.1) is 0 Å². The minimum absolute atomic E-state index is 0.0393. The molecule has 0 saturated carbocycles. The van der Waals surface area contributed by atoms with E-state index in [4.69, 9.17) is 11.6 Å². The Bertz CT molecular complexity index is 423. The summed E-state index contributed by atoms with van der Waals surface area (Å²) in [6.45, 7) is 1.42. The smallest absolute Gasteiger partial charge is 0.339 e. The van der Waals surface area contributed by atoms with Crippen molar-refractivity contribution in [1.82, 2.24) is 0 Å². The van der Waals surface area contributed by atoms with Crippen molar-refractivity contribution in [3.8, 4) is 0 Å². The van der Waals surface area contributed by atoms with E-state index in [0.29, 0.717) is 10.7 Å². The van der Waals surface area contributed by atoms with Gasteiger partial charge in [0.1, 0.15) is 0 Å². The number of nitrogens with one attached hydrogen (secondary N) is 1. The van der Waals surface area contributed by atoms with Crippen molar-refractivity contribution < 1.29 is 14.6 Å². The summed E-state index contributed by atoms with van der Waals surface area (Å²) in [5.74, 6) is -0.687. The first-order valence-electron chi connectivity index (χ1n) is 4.86. The maximum atomic E-state index is 11.2. The molecule has 0 aromatic heterocycles. The van der Waals surface area contributed by atoms with Crippen molar-refractivity contribution >= 4 is 39.2 Å². The van der Waals surface area contributed by atoms with Crippen LogP contribution in [0.3, 0.4) is 0 Å². The predicted molar refractivity (Wildman–Crippen MR) is 70.3 cm³/mol. The number of carbonyl (C=O) groups is 1. The van der Waals surface area contributed by atoms with Crippen LogP contribution in [-0.2, 0) is 9.53 Å². The predicted octanol–water partition coefficient (Wildman–Crippen LogP) is 2.44. The van der Waals surface area contributed by atoms with Crippen LogP contribution in [-0.4, -0.2) is 30.3 Å². The fourth-order valence-electron chi connectivity index (χ4n) is 1.17. The summed E-state index contributed by atoms with van der Waals surface area (Å²) in [5.41, 5.74) is -0.865. The fourth-order valence-corrected chi connectivity index (χ4v) is 1.60. The molecule has 1 unspecified atom stereocenters. The molecule has 0 heterocycles. The zero-order valence-electron chi connectivity index (χ0n) is 9.46. The Hall–Kier alpha value is -0.780. The van der Waals surface area contributed by atoms with Gasteiger partial charge in [-0.05, 0) is 41.1 Å². The van der Waals surface area contributed by atoms with Crippen molar-refractivity contribution in [2.75, 3.05) is 19.0 Å². The number of benzene rings is 1. The first-order chi connectivity index (χ1) is 7.86. The average molecular weight is 323 g/mol. The summed E-state index contributed by atoms with van der Waals surface area (Å²) in [4.78, 5) is 11.2. The van der Waals surface area contributed by atoms with Crippen LogP contribution in [0, 0.1) is 0 Å². The lowest BCUT2D eigenvalue weighted by atomic mass is 10.1. The molecule has 0 aliphatic heterocycles. The number of esters is 1. The molecule has 1 atom stereocenters. The highest BCUT2D eigenvalue weighted by Crippen LogP contribution is 2.25. The van der Waals surface area contributed by atoms with E-state index < -0.39 is 11.6 Å². The van der Waals surface area contributed by atoms with Crippen LogP contribution in [0.4, 0.5) is 5.69 Å². The Labute approximate surface area is 113 Å². The van der Waals surface area contributed by atoms with Crippen molar-refractivity contribution in [2.45, 2.75) is 12.5 Å². The van der Waals surface area contributed by atoms with E-state index in [9.17, 15) is 9.90 Å². The van der Waals surface area contributed by atoms with E-state index in [1.807, 2.05) is 0 Å². The lowest BCUT2D eigenvalue weighted by molar-refractivity contribution is -0.158. The molecule has 0 saturated heterocycles. The van der Waals surface area contributed by atoms with Gasteiger partial charge in [0.2, 0.25) is 0 Å². The first kappa shape index (κ1) is 14.3. The summed E-state index contributed by atoms with van der Waals surface area (Å²) in [7, 11) is 1.23. The Morgan fingerprint density at radius 2 is 2.29 bits per heavy atom. The number of anilines is 1. The maximum Gasteiger partial charge on any atom is 0.339 e. The van der Waals surface area contributed by atoms with E-state index in [1.54, 1.807) is 18.2 Å². The average Bonchev–Trinajstić information content (AvgIpc) is 2.29. The quantitative estimate of drug-likeness (QED) is 0.836. The highest BCUT2D eigenvalue weighted by molar-refractivity contribution is 9.10. The van der Waals surface area contributed by atoms with E-state index in [-0.39, 0.29) is 6.54 Å². The molecule has 94 valence electrons. The van der Waals surface area contributed by atoms with Gasteiger partial charge in [0.25, 0.3) is 0 Å². The number of hydrogen-bond acceptors (Lipinski definition) is 4. The summed E-state index contributed by atoms with van der Waals surface area (Å²) < 4.78 is 5.27. The molecule has 6 heteroatoms. The van der Waals surface area contributed by atoms with E-state index in [2.05, 4.69) is 26.0 Å². The van der Waals surface area contributed by atoms with Crippen LogP contribution in [0.2, 0.25) is 5.02 Å². The molecule has 0 aliphatic rings. The summed E-state index contributed by atoms with van der Waals surface area (Å²) in [6, 6.07) is 5.25. The number of ether oxygens (including phenoxy) is 1. The fraction of sp³-hybridized carbons (Fsp3) is 0.364. The van der Waals surface area contributed by atoms with Gasteiger partial charge in [-0.1, -0.05) is 11.6 Å². The number of aliphatic hydroxyl groups is 1. The van der Waals surface area contributed by atoms with Crippen LogP contribution >= 0.6 is 27.5 Å². The third-order valence-corrected chi connectivity index (χ3v) is 3.41. The summed E-state index contributed by atoms with van der Waals surface area (Å²) >= 11 is 9.18. The van der Waals surface area contributed by atoms with Gasteiger partial charge >= 0.3 is 5.97 Å². The third kappa shape index (κ3) is 3.87. The van der Waals surface area contributed by atoms with E-state index in [0.717, 1.165) is 4.47 Å². The molecule has 0 spiro atoms. The minimum atomic E-state index is -1.58. The van der Waals surface area contributed by atoms with E-state index >= 15 is 0 Å². The van der Waals surface area contributed by atoms with Gasteiger partial charge < -0.3 is 15.2 Å². The standard InChI is InChI=1S/C11H13BrClNO3/c1-11(16,10(15)17-2)6-14-7-3-4-8(12)9(13)5-7/h3-5,14,16H,6H2,1-2H3. The second-order valence-electron chi connectivity index (χ2n) is 3.75. The zero-order valence-corrected chi connectivity index (χ0v) is 11.8. The Kier molecular flexibility index (Phi) is 4.80. The lowest BCUT2D eigenvalue weighted by Gasteiger charge is -2.21. The molecule has 0 radical (unpaired) electrons. The van der Waals surface area contributed by atoms with Crippen LogP contribution in [0.25, 0.3) is 0 Å². The van der Waals surface area contributed by atoms with Crippen LogP contribution in [0.1, 0.15) is 6.92 Å². The van der Waals surface area contributed by atoms with Crippen LogP contribution in [0.5, 0.6) is 0 Å². The largest absolute Gasteiger partial charge is 0.467 e. The number of hydrogen-bond donors (Lipinski definition) is 2. The van der Waals surface area contributed by atoms with Gasteiger partial charge in [-0.2, -0.15) is 0 Å². The Morgan fingerprint density at radius 3 is 2.82 bits per heavy atom.